The van der Waals surface area contributed by atoms with Crippen LogP contribution in [0.25, 0.3) is 11.4 Å². The van der Waals surface area contributed by atoms with Crippen LogP contribution in [0.5, 0.6) is 0 Å². The van der Waals surface area contributed by atoms with E-state index in [0.717, 1.165) is 48.9 Å². The quantitative estimate of drug-likeness (QED) is 0.106. The summed E-state index contributed by atoms with van der Waals surface area (Å²) in [5.74, 6) is 0. The van der Waals surface area contributed by atoms with Gasteiger partial charge >= 0.3 is 28.1 Å². The van der Waals surface area contributed by atoms with E-state index in [-0.39, 0.29) is 17.1 Å². The van der Waals surface area contributed by atoms with Gasteiger partial charge < -0.3 is 9.11 Å². The molecule has 0 unspecified atom stereocenters. The van der Waals surface area contributed by atoms with Crippen molar-refractivity contribution in [2.75, 3.05) is 27.2 Å². The molecule has 0 bridgehead atoms. The predicted molar refractivity (Wildman–Crippen MR) is 147 cm³/mol. The number of likely N-dealkylation sites (N-methyl/N-ethyl adjacent to an activating group) is 2. The van der Waals surface area contributed by atoms with Crippen LogP contribution in [0.2, 0.25) is 0 Å². The fourth-order valence-electron chi connectivity index (χ4n) is 3.21. The van der Waals surface area contributed by atoms with Crippen molar-refractivity contribution < 1.29 is 69.4 Å². The van der Waals surface area contributed by atoms with E-state index >= 15 is 0 Å². The molecule has 2 aromatic carbocycles. The molecule has 4 aromatic rings. The Morgan fingerprint density at radius 2 is 0.915 bits per heavy atom. The first-order valence-corrected chi connectivity index (χ1v) is 15.3. The summed E-state index contributed by atoms with van der Waals surface area (Å²) in [6.45, 7) is 3.35. The molecular weight excluding hydrogens is 729 g/mol. The third-order valence-corrected chi connectivity index (χ3v) is 6.55. The third-order valence-electron chi connectivity index (χ3n) is 5.42. The Morgan fingerprint density at radius 1 is 0.638 bits per heavy atom. The molecule has 1 radical (unpaired) electrons. The number of para-hydroxylation sites is 2. The molecule has 0 N–H and O–H groups in total. The van der Waals surface area contributed by atoms with E-state index in [1.807, 2.05) is 82.4 Å². The number of alkyl halides is 6. The van der Waals surface area contributed by atoms with Gasteiger partial charge in [-0.25, -0.2) is 26.2 Å². The Hall–Kier alpha value is -3.44. The molecule has 0 atom stereocenters. The molecule has 2 aromatic heterocycles. The minimum Gasteiger partial charge on any atom is -0.741 e. The smallest absolute Gasteiger partial charge is 0.741 e. The summed E-state index contributed by atoms with van der Waals surface area (Å²) in [6, 6.07) is 20.1. The summed E-state index contributed by atoms with van der Waals surface area (Å²) in [6.07, 6.45) is 3.97. The minimum absolute atomic E-state index is 0. The molecule has 0 amide bonds. The van der Waals surface area contributed by atoms with E-state index in [2.05, 4.69) is 44.5 Å². The number of hydrogen-bond donors (Lipinski definition) is 0. The zero-order valence-electron chi connectivity index (χ0n) is 24.2. The Balaban J connectivity index is 0.000000541. The van der Waals surface area contributed by atoms with Crippen molar-refractivity contribution in [1.29, 1.82) is 0 Å². The molecule has 0 fully saturated rings. The molecule has 0 aliphatic carbocycles. The number of halogens is 6. The molecule has 259 valence electrons. The van der Waals surface area contributed by atoms with Gasteiger partial charge in [-0.05, 0) is 38.4 Å². The van der Waals surface area contributed by atoms with Crippen LogP contribution in [-0.2, 0) is 50.4 Å². The van der Waals surface area contributed by atoms with Crippen LogP contribution < -0.4 is 0 Å². The number of benzene rings is 2. The molecular formula is C24H26F6MnN8O6S2. The van der Waals surface area contributed by atoms with E-state index < -0.39 is 31.3 Å². The fourth-order valence-corrected chi connectivity index (χ4v) is 3.21. The molecule has 14 nitrogen and oxygen atoms in total. The molecule has 2 heterocycles. The van der Waals surface area contributed by atoms with Crippen LogP contribution in [0.4, 0.5) is 26.3 Å². The summed E-state index contributed by atoms with van der Waals surface area (Å²) in [7, 11) is -7.98. The monoisotopic (exact) mass is 755 g/mol. The van der Waals surface area contributed by atoms with Crippen LogP contribution in [0, 0.1) is 0 Å². The topological polar surface area (TPSA) is 182 Å². The molecule has 0 aliphatic rings. The van der Waals surface area contributed by atoms with Gasteiger partial charge in [0.15, 0.2) is 20.2 Å². The van der Waals surface area contributed by atoms with Gasteiger partial charge in [0.25, 0.3) is 0 Å². The summed E-state index contributed by atoms with van der Waals surface area (Å²) in [5.41, 5.74) is -7.35. The van der Waals surface area contributed by atoms with Crippen molar-refractivity contribution in [3.05, 3.63) is 84.4 Å². The Morgan fingerprint density at radius 3 is 1.17 bits per heavy atom. The third kappa shape index (κ3) is 14.5. The summed E-state index contributed by atoms with van der Waals surface area (Å²) >= 11 is 0. The van der Waals surface area contributed by atoms with E-state index in [1.165, 1.54) is 0 Å². The van der Waals surface area contributed by atoms with Gasteiger partial charge in [-0.1, -0.05) is 46.8 Å². The van der Waals surface area contributed by atoms with E-state index in [4.69, 9.17) is 25.9 Å². The zero-order chi connectivity index (χ0) is 34.8. The van der Waals surface area contributed by atoms with Crippen molar-refractivity contribution in [2.24, 2.45) is 0 Å². The Kier molecular flexibility index (Phi) is 15.6. The molecule has 47 heavy (non-hydrogen) atoms. The van der Waals surface area contributed by atoms with Crippen LogP contribution >= 0.6 is 0 Å². The average molecular weight is 756 g/mol. The molecule has 4 rings (SSSR count). The summed E-state index contributed by atoms with van der Waals surface area (Å²) < 4.78 is 121. The predicted octanol–water partition coefficient (Wildman–Crippen LogP) is 2.51. The first-order valence-electron chi connectivity index (χ1n) is 12.5. The second-order valence-corrected chi connectivity index (χ2v) is 12.0. The normalized spacial score (nSPS) is 12.1. The van der Waals surface area contributed by atoms with Gasteiger partial charge in [-0.2, -0.15) is 26.3 Å². The number of hydrogen-bond acceptors (Lipinski definition) is 12. The van der Waals surface area contributed by atoms with E-state index in [1.54, 1.807) is 0 Å². The van der Waals surface area contributed by atoms with Crippen molar-refractivity contribution >= 4 is 20.2 Å². The number of nitrogens with zero attached hydrogens (tertiary/aromatic N) is 8. The second-order valence-electron chi connectivity index (χ2n) is 9.26. The van der Waals surface area contributed by atoms with Crippen molar-refractivity contribution in [1.82, 2.24) is 39.8 Å². The first-order chi connectivity index (χ1) is 21.2. The standard InChI is InChI=1S/C22H26N8.2CHF3O3S.Mn/c1-27(15-19-17-29(25-23-19)21-9-5-3-6-10-21)13-14-28(2)16-20-18-30(26-24-20)22-11-7-4-8-12-22;2*2-1(3,4)8(5,6)7;/h3-12,17-18H,13-16H2,1-2H3;2*(H,5,6,7);/q;;;+2/p-2. The molecule has 0 saturated heterocycles. The van der Waals surface area contributed by atoms with Gasteiger partial charge in [0.1, 0.15) is 0 Å². The SMILES string of the molecule is CN(CCN(C)Cc1cn(-c2ccccc2)nn1)Cc1cn(-c2ccccc2)nn1.O=S(=O)([O-])C(F)(F)F.O=S(=O)([O-])C(F)(F)F.[Mn+2]. The van der Waals surface area contributed by atoms with Crippen LogP contribution in [0.15, 0.2) is 73.1 Å². The van der Waals surface area contributed by atoms with Crippen molar-refractivity contribution in [2.45, 2.75) is 24.1 Å². The minimum atomic E-state index is -6.09. The van der Waals surface area contributed by atoms with Gasteiger partial charge in [-0.15, -0.1) is 10.2 Å². The molecule has 0 saturated carbocycles. The van der Waals surface area contributed by atoms with Gasteiger partial charge in [0.05, 0.1) is 35.2 Å². The fraction of sp³-hybridized carbons (Fsp3) is 0.333. The summed E-state index contributed by atoms with van der Waals surface area (Å²) in [4.78, 5) is 4.49. The molecule has 0 aliphatic heterocycles. The van der Waals surface area contributed by atoms with Crippen LogP contribution in [-0.4, -0.2) is 104 Å². The number of rotatable bonds is 9. The molecule has 23 heteroatoms. The van der Waals surface area contributed by atoms with Gasteiger partial charge in [0.2, 0.25) is 0 Å². The van der Waals surface area contributed by atoms with E-state index in [9.17, 15) is 26.3 Å². The number of aromatic nitrogens is 6. The van der Waals surface area contributed by atoms with Crippen molar-refractivity contribution in [3.63, 3.8) is 0 Å². The Labute approximate surface area is 275 Å². The molecule has 0 spiro atoms. The maximum absolute atomic E-state index is 10.7. The zero-order valence-corrected chi connectivity index (χ0v) is 27.1. The van der Waals surface area contributed by atoms with Crippen molar-refractivity contribution in [3.8, 4) is 11.4 Å². The maximum Gasteiger partial charge on any atom is 2.00 e. The summed E-state index contributed by atoms with van der Waals surface area (Å²) in [5, 5.41) is 17.1. The van der Waals surface area contributed by atoms with E-state index in [0.29, 0.717) is 0 Å². The Bertz CT molecular complexity index is 1600. The maximum atomic E-state index is 10.7. The van der Waals surface area contributed by atoms with Gasteiger partial charge in [0, 0.05) is 26.2 Å². The average Bonchev–Trinajstić information content (AvgIpc) is 3.61. The van der Waals surface area contributed by atoms with Gasteiger partial charge in [-0.3, -0.25) is 9.80 Å². The van der Waals surface area contributed by atoms with Crippen LogP contribution in [0.1, 0.15) is 11.4 Å². The van der Waals surface area contributed by atoms with Crippen LogP contribution in [0.3, 0.4) is 0 Å². The largest absolute Gasteiger partial charge is 2.00 e. The second kappa shape index (κ2) is 17.6. The first kappa shape index (κ1) is 41.6.